The molecule has 0 atom stereocenters. The molecular formula is C25H20Cl2N4O3. The number of furan rings is 1. The summed E-state index contributed by atoms with van der Waals surface area (Å²) in [5.41, 5.74) is 2.16. The highest BCUT2D eigenvalue weighted by Gasteiger charge is 2.21. The topological polar surface area (TPSA) is 80.4 Å². The molecule has 9 heteroatoms. The van der Waals surface area contributed by atoms with Gasteiger partial charge in [-0.3, -0.25) is 19.5 Å². The lowest BCUT2D eigenvalue weighted by Gasteiger charge is -2.19. The minimum atomic E-state index is -0.432. The molecule has 2 amide bonds. The van der Waals surface area contributed by atoms with Crippen LogP contribution in [-0.2, 0) is 4.79 Å². The maximum absolute atomic E-state index is 12.9. The molecular weight excluding hydrogens is 475 g/mol. The highest BCUT2D eigenvalue weighted by Crippen LogP contribution is 2.26. The van der Waals surface area contributed by atoms with Crippen molar-refractivity contribution in [1.29, 1.82) is 0 Å². The van der Waals surface area contributed by atoms with Crippen molar-refractivity contribution in [2.45, 2.75) is 0 Å². The van der Waals surface area contributed by atoms with E-state index in [-0.39, 0.29) is 24.8 Å². The average Bonchev–Trinajstić information content (AvgIpc) is 3.49. The van der Waals surface area contributed by atoms with E-state index in [2.05, 4.69) is 16.9 Å². The van der Waals surface area contributed by atoms with E-state index in [9.17, 15) is 9.59 Å². The van der Waals surface area contributed by atoms with Crippen molar-refractivity contribution in [1.82, 2.24) is 14.5 Å². The lowest BCUT2D eigenvalue weighted by molar-refractivity contribution is -0.116. The van der Waals surface area contributed by atoms with Gasteiger partial charge in [0.2, 0.25) is 11.9 Å². The molecule has 7 nitrogen and oxygen atoms in total. The van der Waals surface area contributed by atoms with E-state index in [1.165, 1.54) is 11.2 Å². The number of rotatable bonds is 8. The van der Waals surface area contributed by atoms with Gasteiger partial charge in [-0.25, -0.2) is 4.98 Å². The number of nitrogens with zero attached hydrogens (tertiary/aromatic N) is 3. The number of halogens is 2. The molecule has 0 aliphatic carbocycles. The van der Waals surface area contributed by atoms with Gasteiger partial charge in [-0.1, -0.05) is 47.5 Å². The zero-order valence-corrected chi connectivity index (χ0v) is 19.5. The van der Waals surface area contributed by atoms with Gasteiger partial charge in [0.1, 0.15) is 6.54 Å². The minimum absolute atomic E-state index is 0.139. The molecule has 1 N–H and O–H groups in total. The van der Waals surface area contributed by atoms with Gasteiger partial charge in [0.15, 0.2) is 5.76 Å². The molecule has 34 heavy (non-hydrogen) atoms. The second-order valence-electron chi connectivity index (χ2n) is 7.31. The van der Waals surface area contributed by atoms with E-state index in [0.717, 1.165) is 5.56 Å². The Labute approximate surface area is 206 Å². The van der Waals surface area contributed by atoms with Gasteiger partial charge in [-0.05, 0) is 42.5 Å². The van der Waals surface area contributed by atoms with Crippen LogP contribution in [0.15, 0.2) is 90.2 Å². The third kappa shape index (κ3) is 5.39. The van der Waals surface area contributed by atoms with Gasteiger partial charge in [0.25, 0.3) is 5.91 Å². The molecule has 4 rings (SSSR count). The molecule has 4 aromatic rings. The number of carbonyl (C=O) groups excluding carboxylic acids is 2. The third-order valence-corrected chi connectivity index (χ3v) is 5.37. The van der Waals surface area contributed by atoms with Gasteiger partial charge >= 0.3 is 0 Å². The Kier molecular flexibility index (Phi) is 7.15. The number of carbonyl (C=O) groups is 2. The van der Waals surface area contributed by atoms with Gasteiger partial charge < -0.3 is 9.32 Å². The molecule has 0 aliphatic heterocycles. The Morgan fingerprint density at radius 3 is 2.56 bits per heavy atom. The summed E-state index contributed by atoms with van der Waals surface area (Å²) in [6, 6.07) is 17.5. The molecule has 0 spiro atoms. The number of benzene rings is 2. The monoisotopic (exact) mass is 494 g/mol. The lowest BCUT2D eigenvalue weighted by atomic mass is 10.2. The first-order valence-corrected chi connectivity index (χ1v) is 11.0. The fourth-order valence-electron chi connectivity index (χ4n) is 3.32. The standard InChI is InChI=1S/C25H20Cl2N4O3/c1-2-12-30(24(33)22-7-4-13-34-22)16-23(32)29-25-28-21(17-8-10-18(26)11-9-17)15-31(25)20-6-3-5-19(27)14-20/h2-11,13-15H,1,12,16H2,(H,28,29,32). The summed E-state index contributed by atoms with van der Waals surface area (Å²) in [5, 5.41) is 3.95. The first-order valence-electron chi connectivity index (χ1n) is 10.3. The highest BCUT2D eigenvalue weighted by atomic mass is 35.5. The molecule has 2 heterocycles. The summed E-state index contributed by atoms with van der Waals surface area (Å²) < 4.78 is 6.90. The van der Waals surface area contributed by atoms with E-state index in [0.29, 0.717) is 21.4 Å². The summed E-state index contributed by atoms with van der Waals surface area (Å²) in [7, 11) is 0. The molecule has 0 unspecified atom stereocenters. The first kappa shape index (κ1) is 23.4. The van der Waals surface area contributed by atoms with Gasteiger partial charge in [-0.2, -0.15) is 0 Å². The van der Waals surface area contributed by atoms with E-state index < -0.39 is 11.8 Å². The number of amides is 2. The molecule has 2 aromatic carbocycles. The smallest absolute Gasteiger partial charge is 0.290 e. The largest absolute Gasteiger partial charge is 0.459 e. The summed E-state index contributed by atoms with van der Waals surface area (Å²) >= 11 is 12.2. The minimum Gasteiger partial charge on any atom is -0.459 e. The van der Waals surface area contributed by atoms with E-state index >= 15 is 0 Å². The van der Waals surface area contributed by atoms with E-state index in [1.54, 1.807) is 59.3 Å². The first-order chi connectivity index (χ1) is 16.4. The summed E-state index contributed by atoms with van der Waals surface area (Å²) in [4.78, 5) is 31.6. The average molecular weight is 495 g/mol. The predicted octanol–water partition coefficient (Wildman–Crippen LogP) is 5.71. The van der Waals surface area contributed by atoms with E-state index in [4.69, 9.17) is 27.6 Å². The zero-order valence-electron chi connectivity index (χ0n) is 17.9. The van der Waals surface area contributed by atoms with Crippen LogP contribution in [0, 0.1) is 0 Å². The summed E-state index contributed by atoms with van der Waals surface area (Å²) in [6.45, 7) is 3.62. The van der Waals surface area contributed by atoms with Crippen molar-refractivity contribution in [2.24, 2.45) is 0 Å². The van der Waals surface area contributed by atoms with Crippen molar-refractivity contribution in [3.63, 3.8) is 0 Å². The lowest BCUT2D eigenvalue weighted by Crippen LogP contribution is -2.38. The van der Waals surface area contributed by atoms with Crippen LogP contribution in [0.5, 0.6) is 0 Å². The van der Waals surface area contributed by atoms with Gasteiger partial charge in [0, 0.05) is 34.0 Å². The second-order valence-corrected chi connectivity index (χ2v) is 8.18. The number of hydrogen-bond acceptors (Lipinski definition) is 4. The molecule has 2 aromatic heterocycles. The van der Waals surface area contributed by atoms with Crippen molar-refractivity contribution >= 4 is 41.0 Å². The normalized spacial score (nSPS) is 10.6. The Hall–Kier alpha value is -3.81. The fraction of sp³-hybridized carbons (Fsp3) is 0.0800. The maximum atomic E-state index is 12.9. The quantitative estimate of drug-likeness (QED) is 0.318. The zero-order chi connectivity index (χ0) is 24.1. The molecule has 172 valence electrons. The molecule has 0 bridgehead atoms. The molecule has 0 saturated carbocycles. The Morgan fingerprint density at radius 2 is 1.88 bits per heavy atom. The van der Waals surface area contributed by atoms with Crippen molar-refractivity contribution < 1.29 is 14.0 Å². The number of anilines is 1. The van der Waals surface area contributed by atoms with Crippen LogP contribution in [0.4, 0.5) is 5.95 Å². The van der Waals surface area contributed by atoms with Crippen LogP contribution >= 0.6 is 23.2 Å². The number of imidazole rings is 1. The van der Waals surface area contributed by atoms with Crippen LogP contribution in [0.1, 0.15) is 10.6 Å². The fourth-order valence-corrected chi connectivity index (χ4v) is 3.63. The maximum Gasteiger partial charge on any atom is 0.290 e. The van der Waals surface area contributed by atoms with Crippen LogP contribution in [0.25, 0.3) is 16.9 Å². The summed E-state index contributed by atoms with van der Waals surface area (Å²) in [6.07, 6.45) is 4.74. The van der Waals surface area contributed by atoms with Crippen molar-refractivity contribution in [3.05, 3.63) is 102 Å². The number of aromatic nitrogens is 2. The van der Waals surface area contributed by atoms with Crippen LogP contribution in [0.3, 0.4) is 0 Å². The Morgan fingerprint density at radius 1 is 1.09 bits per heavy atom. The second kappa shape index (κ2) is 10.4. The Bertz CT molecular complexity index is 1310. The van der Waals surface area contributed by atoms with Crippen LogP contribution < -0.4 is 5.32 Å². The SMILES string of the molecule is C=CCN(CC(=O)Nc1nc(-c2ccc(Cl)cc2)cn1-c1cccc(Cl)c1)C(=O)c1ccco1. The number of nitrogens with one attached hydrogen (secondary N) is 1. The van der Waals surface area contributed by atoms with Gasteiger partial charge in [-0.15, -0.1) is 6.58 Å². The van der Waals surface area contributed by atoms with E-state index in [1.807, 2.05) is 18.2 Å². The highest BCUT2D eigenvalue weighted by molar-refractivity contribution is 6.31. The Balaban J connectivity index is 1.62. The van der Waals surface area contributed by atoms with Gasteiger partial charge in [0.05, 0.1) is 12.0 Å². The number of hydrogen-bond donors (Lipinski definition) is 1. The summed E-state index contributed by atoms with van der Waals surface area (Å²) in [5.74, 6) is -0.431. The van der Waals surface area contributed by atoms with Crippen molar-refractivity contribution in [3.8, 4) is 16.9 Å². The van der Waals surface area contributed by atoms with Crippen LogP contribution in [0.2, 0.25) is 10.0 Å². The van der Waals surface area contributed by atoms with Crippen molar-refractivity contribution in [2.75, 3.05) is 18.4 Å². The predicted molar refractivity (Wildman–Crippen MR) is 132 cm³/mol. The third-order valence-electron chi connectivity index (χ3n) is 4.89. The molecule has 0 fully saturated rings. The molecule has 0 radical (unpaired) electrons. The molecule has 0 aliphatic rings. The molecule has 0 saturated heterocycles. The van der Waals surface area contributed by atoms with Crippen LogP contribution in [-0.4, -0.2) is 39.4 Å².